The van der Waals surface area contributed by atoms with Crippen LogP contribution in [0.4, 0.5) is 0 Å². The Balaban J connectivity index is 1.21. The number of ether oxygens (including phenoxy) is 1. The highest BCUT2D eigenvalue weighted by Gasteiger charge is 2.38. The van der Waals surface area contributed by atoms with Gasteiger partial charge in [-0.15, -0.1) is 0 Å². The van der Waals surface area contributed by atoms with Crippen LogP contribution in [0.5, 0.6) is 5.75 Å². The molecule has 0 radical (unpaired) electrons. The van der Waals surface area contributed by atoms with E-state index in [2.05, 4.69) is 15.9 Å². The van der Waals surface area contributed by atoms with Crippen molar-refractivity contribution in [3.63, 3.8) is 0 Å². The van der Waals surface area contributed by atoms with Crippen LogP contribution in [-0.4, -0.2) is 26.0 Å². The molecule has 7 rings (SSSR count). The topological polar surface area (TPSA) is 107 Å². The highest BCUT2D eigenvalue weighted by atomic mass is 32.2. The summed E-state index contributed by atoms with van der Waals surface area (Å²) in [4.78, 5) is 19.2. The Morgan fingerprint density at radius 3 is 2.41 bits per heavy atom. The molecule has 1 aliphatic heterocycles. The number of hydrogen-bond donors (Lipinski definition) is 1. The third-order valence-electron chi connectivity index (χ3n) is 9.78. The number of carbonyl (C=O) groups is 1. The fraction of sp³-hybridized carbons (Fsp3) is 0.405. The zero-order valence-corrected chi connectivity index (χ0v) is 27.0. The molecule has 1 saturated carbocycles. The van der Waals surface area contributed by atoms with Gasteiger partial charge in [-0.3, -0.25) is 0 Å². The van der Waals surface area contributed by atoms with Crippen LogP contribution in [0, 0.1) is 6.92 Å². The van der Waals surface area contributed by atoms with E-state index in [0.29, 0.717) is 5.58 Å². The van der Waals surface area contributed by atoms with Crippen molar-refractivity contribution in [3.05, 3.63) is 100 Å². The lowest BCUT2D eigenvalue weighted by Gasteiger charge is -2.41. The molecule has 9 heteroatoms. The number of carbonyl (C=O) groups excluding carboxylic acids is 1. The van der Waals surface area contributed by atoms with E-state index in [9.17, 15) is 13.2 Å². The minimum absolute atomic E-state index is 0.0695. The van der Waals surface area contributed by atoms with Crippen molar-refractivity contribution in [3.8, 4) is 5.75 Å². The summed E-state index contributed by atoms with van der Waals surface area (Å²) in [7, 11) is -4.02. The van der Waals surface area contributed by atoms with Crippen LogP contribution in [0.2, 0.25) is 0 Å². The van der Waals surface area contributed by atoms with Gasteiger partial charge in [0.2, 0.25) is 10.0 Å². The minimum Gasteiger partial charge on any atom is -0.487 e. The predicted octanol–water partition coefficient (Wildman–Crippen LogP) is 6.60. The lowest BCUT2D eigenvalue weighted by Crippen LogP contribution is -2.43. The first-order chi connectivity index (χ1) is 22.3. The number of nitrogens with one attached hydrogen (secondary N) is 1. The molecular formula is C37H40N2O6S. The monoisotopic (exact) mass is 640 g/mol. The van der Waals surface area contributed by atoms with Crippen LogP contribution in [0.15, 0.2) is 81.2 Å². The molecule has 2 heterocycles. The molecule has 0 amide bonds. The van der Waals surface area contributed by atoms with Crippen molar-refractivity contribution < 1.29 is 27.2 Å². The Bertz CT molecular complexity index is 1930. The second-order valence-corrected chi connectivity index (χ2v) is 14.8. The van der Waals surface area contributed by atoms with E-state index in [1.807, 2.05) is 43.3 Å². The molecule has 0 bridgehead atoms. The molecule has 1 aromatic heterocycles. The molecule has 3 aromatic carbocycles. The van der Waals surface area contributed by atoms with Crippen molar-refractivity contribution in [2.24, 2.45) is 5.16 Å². The fourth-order valence-corrected chi connectivity index (χ4v) is 8.42. The standard InChI is InChI=1S/C37H40N2O6S/c1-25-14-16-28(17-15-25)46(41,42)39-32(22-26-10-4-2-5-11-26)36(40)45-38-35-30-13-7-6-12-29(30)31-23-27-18-21-37(19-8-3-9-20-37)44-33(27)24-34(31)43-35/h2,4-5,10-11,14-17,23-24,32,39H,3,6-9,12-13,18-22H2,1H3/t32-/m0/s1. The molecular weight excluding hydrogens is 600 g/mol. The fourth-order valence-electron chi connectivity index (χ4n) is 7.24. The normalized spacial score (nSPS) is 18.4. The first kappa shape index (κ1) is 30.7. The molecule has 1 atom stereocenters. The van der Waals surface area contributed by atoms with Crippen molar-refractivity contribution >= 4 is 27.0 Å². The summed E-state index contributed by atoms with van der Waals surface area (Å²) in [5.41, 5.74) is 5.85. The third-order valence-corrected chi connectivity index (χ3v) is 11.3. The zero-order chi connectivity index (χ0) is 31.7. The zero-order valence-electron chi connectivity index (χ0n) is 26.2. The van der Waals surface area contributed by atoms with E-state index in [1.165, 1.54) is 42.5 Å². The van der Waals surface area contributed by atoms with Crippen molar-refractivity contribution in [1.82, 2.24) is 4.72 Å². The number of fused-ring (bicyclic) bond motifs is 4. The summed E-state index contributed by atoms with van der Waals surface area (Å²) in [5.74, 6) is 0.0592. The maximum absolute atomic E-state index is 13.6. The van der Waals surface area contributed by atoms with Gasteiger partial charge in [0.25, 0.3) is 5.55 Å². The summed E-state index contributed by atoms with van der Waals surface area (Å²) in [6.45, 7) is 1.88. The average Bonchev–Trinajstić information content (AvgIpc) is 3.07. The number of sulfonamides is 1. The largest absolute Gasteiger partial charge is 0.487 e. The van der Waals surface area contributed by atoms with E-state index in [4.69, 9.17) is 14.0 Å². The van der Waals surface area contributed by atoms with Gasteiger partial charge in [-0.25, -0.2) is 13.2 Å². The highest BCUT2D eigenvalue weighted by molar-refractivity contribution is 7.89. The highest BCUT2D eigenvalue weighted by Crippen LogP contribution is 2.43. The molecule has 0 saturated heterocycles. The Kier molecular flexibility index (Phi) is 8.46. The lowest BCUT2D eigenvalue weighted by atomic mass is 9.78. The van der Waals surface area contributed by atoms with Crippen LogP contribution >= 0.6 is 0 Å². The van der Waals surface area contributed by atoms with Gasteiger partial charge in [-0.2, -0.15) is 4.72 Å². The Labute approximate surface area is 269 Å². The van der Waals surface area contributed by atoms with Gasteiger partial charge in [-0.1, -0.05) is 54.4 Å². The van der Waals surface area contributed by atoms with E-state index in [-0.39, 0.29) is 22.5 Å². The number of nitrogens with zero attached hydrogens (tertiary/aromatic N) is 1. The Hall–Kier alpha value is -3.95. The van der Waals surface area contributed by atoms with Crippen LogP contribution in [0.3, 0.4) is 0 Å². The van der Waals surface area contributed by atoms with Crippen LogP contribution in [0.1, 0.15) is 79.2 Å². The Morgan fingerprint density at radius 1 is 0.913 bits per heavy atom. The van der Waals surface area contributed by atoms with Gasteiger partial charge in [0.05, 0.1) is 4.90 Å². The van der Waals surface area contributed by atoms with Gasteiger partial charge in [0.1, 0.15) is 23.0 Å². The second kappa shape index (κ2) is 12.7. The quantitative estimate of drug-likeness (QED) is 0.180. The summed E-state index contributed by atoms with van der Waals surface area (Å²) in [6, 6.07) is 18.7. The molecule has 1 fully saturated rings. The summed E-state index contributed by atoms with van der Waals surface area (Å²) in [6.07, 6.45) is 11.6. The smallest absolute Gasteiger partial charge is 0.353 e. The molecule has 46 heavy (non-hydrogen) atoms. The van der Waals surface area contributed by atoms with Crippen LogP contribution in [-0.2, 0) is 45.3 Å². The number of aryl methyl sites for hydroxylation is 3. The molecule has 240 valence electrons. The predicted molar refractivity (Wildman–Crippen MR) is 175 cm³/mol. The van der Waals surface area contributed by atoms with Crippen LogP contribution < -0.4 is 15.0 Å². The molecule has 1 spiro atoms. The minimum atomic E-state index is -4.02. The summed E-state index contributed by atoms with van der Waals surface area (Å²) >= 11 is 0. The van der Waals surface area contributed by atoms with Gasteiger partial charge < -0.3 is 14.0 Å². The Morgan fingerprint density at radius 2 is 1.65 bits per heavy atom. The maximum Gasteiger partial charge on any atom is 0.353 e. The molecule has 3 aliphatic rings. The van der Waals surface area contributed by atoms with Crippen molar-refractivity contribution in [2.75, 3.05) is 0 Å². The van der Waals surface area contributed by atoms with Crippen molar-refractivity contribution in [2.45, 2.75) is 101 Å². The van der Waals surface area contributed by atoms with E-state index >= 15 is 0 Å². The maximum atomic E-state index is 13.6. The van der Waals surface area contributed by atoms with Gasteiger partial charge in [-0.05, 0) is 118 Å². The summed E-state index contributed by atoms with van der Waals surface area (Å²) < 4.78 is 42.2. The SMILES string of the molecule is Cc1ccc(S(=O)(=O)N[C@@H](Cc2ccccc2)C(=O)ON=c2oc3cc4c(cc3c3c2CCCC3)CCC2(CCCCC2)O4)cc1. The molecule has 8 nitrogen and oxygen atoms in total. The average molecular weight is 641 g/mol. The molecule has 0 unspecified atom stereocenters. The lowest BCUT2D eigenvalue weighted by molar-refractivity contribution is -0.146. The first-order valence-electron chi connectivity index (χ1n) is 16.5. The van der Waals surface area contributed by atoms with Gasteiger partial charge in [0.15, 0.2) is 0 Å². The molecule has 1 N–H and O–H groups in total. The first-order valence-corrected chi connectivity index (χ1v) is 18.0. The number of rotatable bonds is 7. The van der Waals surface area contributed by atoms with Crippen LogP contribution in [0.25, 0.3) is 11.0 Å². The number of benzene rings is 3. The van der Waals surface area contributed by atoms with E-state index < -0.39 is 22.0 Å². The number of hydrogen-bond acceptors (Lipinski definition) is 7. The van der Waals surface area contributed by atoms with E-state index in [1.54, 1.807) is 12.1 Å². The molecule has 4 aromatic rings. The van der Waals surface area contributed by atoms with Gasteiger partial charge >= 0.3 is 5.97 Å². The van der Waals surface area contributed by atoms with Gasteiger partial charge in [0, 0.05) is 17.0 Å². The second-order valence-electron chi connectivity index (χ2n) is 13.1. The van der Waals surface area contributed by atoms with Crippen molar-refractivity contribution in [1.29, 1.82) is 0 Å². The molecule has 2 aliphatic carbocycles. The summed E-state index contributed by atoms with van der Waals surface area (Å²) in [5, 5.41) is 5.31. The third kappa shape index (κ3) is 6.35. The van der Waals surface area contributed by atoms with E-state index in [0.717, 1.165) is 79.2 Å².